The number of nitrogens with one attached hydrogen (secondary N) is 1. The van der Waals surface area contributed by atoms with Crippen molar-refractivity contribution in [3.8, 4) is 11.6 Å². The van der Waals surface area contributed by atoms with Crippen LogP contribution in [-0.4, -0.2) is 43.9 Å². The third-order valence-corrected chi connectivity index (χ3v) is 5.51. The third kappa shape index (κ3) is 3.80. The molecule has 0 saturated carbocycles. The number of aromatic nitrogens is 5. The van der Waals surface area contributed by atoms with E-state index >= 15 is 0 Å². The second-order valence-corrected chi connectivity index (χ2v) is 7.82. The molecule has 1 aromatic carbocycles. The first kappa shape index (κ1) is 21.7. The highest BCUT2D eigenvalue weighted by Gasteiger charge is 2.32. The van der Waals surface area contributed by atoms with E-state index in [1.165, 1.54) is 13.2 Å². The Morgan fingerprint density at radius 3 is 2.74 bits per heavy atom. The number of methoxy groups -OCH3 is 1. The minimum Gasteiger partial charge on any atom is -0.479 e. The number of imidazole rings is 1. The van der Waals surface area contributed by atoms with Crippen molar-refractivity contribution in [2.45, 2.75) is 19.1 Å². The Kier molecular flexibility index (Phi) is 5.14. The average Bonchev–Trinajstić information content (AvgIpc) is 3.41. The molecule has 4 aromatic rings. The molecule has 4 heterocycles. The van der Waals surface area contributed by atoms with Crippen LogP contribution in [0.15, 0.2) is 48.0 Å². The molecule has 0 aliphatic carbocycles. The summed E-state index contributed by atoms with van der Waals surface area (Å²) < 4.78 is 48.7. The lowest BCUT2D eigenvalue weighted by atomic mass is 10.1. The molecule has 34 heavy (non-hydrogen) atoms. The fraction of sp³-hybridized carbons (Fsp3) is 0.273. The predicted octanol–water partition coefficient (Wildman–Crippen LogP) is 3.51. The second kappa shape index (κ2) is 8.04. The van der Waals surface area contributed by atoms with Gasteiger partial charge in [0.25, 0.3) is 0 Å². The Hall–Kier alpha value is -4.09. The molecule has 0 saturated heterocycles. The van der Waals surface area contributed by atoms with Gasteiger partial charge in [0, 0.05) is 18.6 Å². The van der Waals surface area contributed by atoms with Crippen molar-refractivity contribution in [1.29, 1.82) is 0 Å². The number of aryl methyl sites for hydroxylation is 2. The fourth-order valence-corrected chi connectivity index (χ4v) is 3.87. The number of alkyl halides is 3. The molecular formula is C22H20F3N7O2. The zero-order valence-corrected chi connectivity index (χ0v) is 18.5. The van der Waals surface area contributed by atoms with Crippen LogP contribution in [0.25, 0.3) is 16.6 Å². The maximum Gasteiger partial charge on any atom is 0.416 e. The second-order valence-electron chi connectivity index (χ2n) is 7.82. The van der Waals surface area contributed by atoms with E-state index in [9.17, 15) is 13.2 Å². The van der Waals surface area contributed by atoms with E-state index < -0.39 is 17.8 Å². The Labute approximate surface area is 191 Å². The van der Waals surface area contributed by atoms with Crippen LogP contribution in [0, 0.1) is 6.92 Å². The number of rotatable bonds is 4. The number of benzene rings is 1. The van der Waals surface area contributed by atoms with E-state index in [-0.39, 0.29) is 6.61 Å². The first-order chi connectivity index (χ1) is 16.2. The molecule has 176 valence electrons. The Balaban J connectivity index is 1.48. The van der Waals surface area contributed by atoms with Crippen LogP contribution in [0.5, 0.6) is 5.88 Å². The van der Waals surface area contributed by atoms with Gasteiger partial charge in [0.05, 0.1) is 35.9 Å². The maximum absolute atomic E-state index is 13.3. The quantitative estimate of drug-likeness (QED) is 0.490. The van der Waals surface area contributed by atoms with Crippen molar-refractivity contribution in [1.82, 2.24) is 29.6 Å². The van der Waals surface area contributed by atoms with Gasteiger partial charge in [-0.05, 0) is 37.3 Å². The highest BCUT2D eigenvalue weighted by atomic mass is 19.4. The van der Waals surface area contributed by atoms with Crippen LogP contribution in [0.1, 0.15) is 28.7 Å². The molecule has 1 aliphatic rings. The molecule has 1 aliphatic heterocycles. The monoisotopic (exact) mass is 471 g/mol. The minimum absolute atomic E-state index is 0.0926. The van der Waals surface area contributed by atoms with Crippen molar-refractivity contribution in [3.05, 3.63) is 65.5 Å². The summed E-state index contributed by atoms with van der Waals surface area (Å²) >= 11 is 0. The summed E-state index contributed by atoms with van der Waals surface area (Å²) in [5.74, 6) is 0.660. The van der Waals surface area contributed by atoms with E-state index in [0.717, 1.165) is 17.8 Å². The maximum atomic E-state index is 13.3. The number of oxime groups is 1. The summed E-state index contributed by atoms with van der Waals surface area (Å²) in [4.78, 5) is 14.1. The Morgan fingerprint density at radius 1 is 1.21 bits per heavy atom. The summed E-state index contributed by atoms with van der Waals surface area (Å²) in [5, 5.41) is 12.1. The van der Waals surface area contributed by atoms with Gasteiger partial charge in [0.15, 0.2) is 5.84 Å². The number of fused-ring (bicyclic) bond motifs is 1. The van der Waals surface area contributed by atoms with Crippen LogP contribution in [0.2, 0.25) is 0 Å². The number of amidine groups is 1. The molecule has 9 nitrogen and oxygen atoms in total. The standard InChI is InChI=1S/C22H20F3N7O2/c1-12-9-32(11-26-12)18-7-5-15(28-21(18)33-3)20-27-16(10-34-30-20)19-14-8-13(22(23,24)25)4-6-17(14)31(2)29-19/h4-9,11,16H,10H2,1-3H3,(H,27,30). The lowest BCUT2D eigenvalue weighted by molar-refractivity contribution is -0.137. The first-order valence-electron chi connectivity index (χ1n) is 10.3. The number of pyridine rings is 1. The molecule has 0 amide bonds. The molecule has 1 atom stereocenters. The number of ether oxygens (including phenoxy) is 1. The smallest absolute Gasteiger partial charge is 0.416 e. The van der Waals surface area contributed by atoms with Gasteiger partial charge in [-0.1, -0.05) is 5.16 Å². The number of nitrogens with zero attached hydrogens (tertiary/aromatic N) is 6. The molecule has 0 fully saturated rings. The van der Waals surface area contributed by atoms with Crippen molar-refractivity contribution in [2.24, 2.45) is 12.2 Å². The normalized spacial score (nSPS) is 16.2. The molecule has 0 radical (unpaired) electrons. The van der Waals surface area contributed by atoms with Crippen LogP contribution in [0.3, 0.4) is 0 Å². The zero-order valence-electron chi connectivity index (χ0n) is 18.5. The summed E-state index contributed by atoms with van der Waals surface area (Å²) in [6.07, 6.45) is -0.956. The lowest BCUT2D eigenvalue weighted by Crippen LogP contribution is -2.36. The Morgan fingerprint density at radius 2 is 2.03 bits per heavy atom. The zero-order chi connectivity index (χ0) is 24.0. The van der Waals surface area contributed by atoms with Crippen LogP contribution in [-0.2, 0) is 18.1 Å². The molecule has 0 bridgehead atoms. The Bertz CT molecular complexity index is 1410. The largest absolute Gasteiger partial charge is 0.479 e. The SMILES string of the molecule is COc1nc(C2=NOCC(c3nn(C)c4ccc(C(F)(F)F)cc34)N2)ccc1-n1cnc(C)c1. The average molecular weight is 471 g/mol. The molecule has 0 spiro atoms. The molecule has 12 heteroatoms. The molecular weight excluding hydrogens is 451 g/mol. The minimum atomic E-state index is -4.46. The van der Waals surface area contributed by atoms with Crippen LogP contribution < -0.4 is 10.1 Å². The van der Waals surface area contributed by atoms with Crippen LogP contribution >= 0.6 is 0 Å². The van der Waals surface area contributed by atoms with E-state index in [1.807, 2.05) is 19.2 Å². The van der Waals surface area contributed by atoms with Crippen molar-refractivity contribution in [3.63, 3.8) is 0 Å². The van der Waals surface area contributed by atoms with E-state index in [2.05, 4.69) is 25.5 Å². The van der Waals surface area contributed by atoms with Gasteiger partial charge >= 0.3 is 6.18 Å². The number of hydrogen-bond donors (Lipinski definition) is 1. The predicted molar refractivity (Wildman–Crippen MR) is 117 cm³/mol. The lowest BCUT2D eigenvalue weighted by Gasteiger charge is -2.23. The van der Waals surface area contributed by atoms with Crippen molar-refractivity contribution < 1.29 is 22.7 Å². The van der Waals surface area contributed by atoms with Crippen molar-refractivity contribution >= 4 is 16.7 Å². The summed E-state index contributed by atoms with van der Waals surface area (Å²) in [6, 6.07) is 6.57. The molecule has 1 unspecified atom stereocenters. The third-order valence-electron chi connectivity index (χ3n) is 5.51. The van der Waals surface area contributed by atoms with E-state index in [4.69, 9.17) is 9.57 Å². The number of halogens is 3. The first-order valence-corrected chi connectivity index (χ1v) is 10.3. The van der Waals surface area contributed by atoms with Gasteiger partial charge in [0.2, 0.25) is 5.88 Å². The van der Waals surface area contributed by atoms with Crippen molar-refractivity contribution in [2.75, 3.05) is 13.7 Å². The fourth-order valence-electron chi connectivity index (χ4n) is 3.87. The summed E-state index contributed by atoms with van der Waals surface area (Å²) in [7, 11) is 3.19. The van der Waals surface area contributed by atoms with Gasteiger partial charge < -0.3 is 19.5 Å². The molecule has 3 aromatic heterocycles. The van der Waals surface area contributed by atoms with Gasteiger partial charge in [-0.15, -0.1) is 0 Å². The van der Waals surface area contributed by atoms with Gasteiger partial charge in [-0.2, -0.15) is 18.3 Å². The highest BCUT2D eigenvalue weighted by Crippen LogP contribution is 2.34. The summed E-state index contributed by atoms with van der Waals surface area (Å²) in [5.41, 5.74) is 2.24. The molecule has 1 N–H and O–H groups in total. The summed E-state index contributed by atoms with van der Waals surface area (Å²) in [6.45, 7) is 1.97. The highest BCUT2D eigenvalue weighted by molar-refractivity contribution is 5.98. The number of hydrogen-bond acceptors (Lipinski definition) is 7. The van der Waals surface area contributed by atoms with Gasteiger partial charge in [0.1, 0.15) is 24.0 Å². The van der Waals surface area contributed by atoms with Gasteiger partial charge in [-0.3, -0.25) is 4.68 Å². The van der Waals surface area contributed by atoms with Crippen LogP contribution in [0.4, 0.5) is 13.2 Å². The van der Waals surface area contributed by atoms with E-state index in [1.54, 1.807) is 28.7 Å². The topological polar surface area (TPSA) is 91.4 Å². The van der Waals surface area contributed by atoms with Gasteiger partial charge in [-0.25, -0.2) is 9.97 Å². The van der Waals surface area contributed by atoms with E-state index in [0.29, 0.717) is 39.7 Å². The molecule has 5 rings (SSSR count).